The van der Waals surface area contributed by atoms with E-state index in [4.69, 9.17) is 0 Å². The molecule has 1 spiro atoms. The molecule has 0 bridgehead atoms. The van der Waals surface area contributed by atoms with Gasteiger partial charge in [-0.2, -0.15) is 0 Å². The molecule has 0 amide bonds. The van der Waals surface area contributed by atoms with E-state index in [-0.39, 0.29) is 0 Å². The smallest absolute Gasteiger partial charge is 0.0107 e. The van der Waals surface area contributed by atoms with Gasteiger partial charge in [0.2, 0.25) is 0 Å². The first kappa shape index (κ1) is 16.3. The molecule has 2 heteroatoms. The van der Waals surface area contributed by atoms with Gasteiger partial charge in [0.1, 0.15) is 0 Å². The average molecular weight is 280 g/mol. The van der Waals surface area contributed by atoms with Crippen LogP contribution in [0.2, 0.25) is 0 Å². The lowest BCUT2D eigenvalue weighted by Crippen LogP contribution is -2.43. The highest BCUT2D eigenvalue weighted by Gasteiger charge is 2.35. The second-order valence-electron chi connectivity index (χ2n) is 7.21. The maximum atomic E-state index is 3.62. The van der Waals surface area contributed by atoms with Gasteiger partial charge in [-0.1, -0.05) is 45.4 Å². The van der Waals surface area contributed by atoms with Gasteiger partial charge in [0.15, 0.2) is 0 Å². The lowest BCUT2D eigenvalue weighted by atomic mass is 9.68. The Hall–Kier alpha value is -0.0800. The Kier molecular flexibility index (Phi) is 7.37. The second kappa shape index (κ2) is 9.04. The topological polar surface area (TPSA) is 15.3 Å². The number of nitrogens with one attached hydrogen (secondary N) is 1. The molecule has 2 rings (SSSR count). The van der Waals surface area contributed by atoms with Crippen LogP contribution in [-0.4, -0.2) is 37.6 Å². The van der Waals surface area contributed by atoms with Crippen molar-refractivity contribution in [1.29, 1.82) is 0 Å². The summed E-state index contributed by atoms with van der Waals surface area (Å²) >= 11 is 0. The molecule has 1 heterocycles. The number of piperidine rings is 1. The third-order valence-corrected chi connectivity index (χ3v) is 5.64. The van der Waals surface area contributed by atoms with Crippen molar-refractivity contribution in [3.63, 3.8) is 0 Å². The predicted octanol–water partition coefficient (Wildman–Crippen LogP) is 4.20. The average Bonchev–Trinajstić information content (AvgIpc) is 2.49. The van der Waals surface area contributed by atoms with Crippen molar-refractivity contribution in [2.75, 3.05) is 32.7 Å². The van der Waals surface area contributed by atoms with Crippen LogP contribution in [0.3, 0.4) is 0 Å². The van der Waals surface area contributed by atoms with Crippen LogP contribution in [0.5, 0.6) is 0 Å². The molecule has 1 saturated carbocycles. The largest absolute Gasteiger partial charge is 0.315 e. The summed E-state index contributed by atoms with van der Waals surface area (Å²) in [5.41, 5.74) is 0.766. The highest BCUT2D eigenvalue weighted by Crippen LogP contribution is 2.44. The molecule has 118 valence electrons. The van der Waals surface area contributed by atoms with Crippen LogP contribution in [0.25, 0.3) is 0 Å². The molecular formula is C18H36N2. The maximum absolute atomic E-state index is 3.62. The monoisotopic (exact) mass is 280 g/mol. The molecule has 2 nitrogen and oxygen atoms in total. The van der Waals surface area contributed by atoms with E-state index in [1.165, 1.54) is 103 Å². The molecule has 1 aliphatic carbocycles. The Morgan fingerprint density at radius 1 is 0.850 bits per heavy atom. The summed E-state index contributed by atoms with van der Waals surface area (Å²) in [5.74, 6) is 0. The molecule has 0 radical (unpaired) electrons. The van der Waals surface area contributed by atoms with Crippen molar-refractivity contribution in [2.45, 2.75) is 77.6 Å². The quantitative estimate of drug-likeness (QED) is 0.670. The SMILES string of the molecule is CCCCCCNCCN1CCC2(CCCCC2)CC1. The van der Waals surface area contributed by atoms with Crippen LogP contribution < -0.4 is 5.32 Å². The Labute approximate surface area is 126 Å². The zero-order valence-electron chi connectivity index (χ0n) is 13.8. The summed E-state index contributed by atoms with van der Waals surface area (Å²) in [6.45, 7) is 8.68. The summed E-state index contributed by atoms with van der Waals surface area (Å²) in [6.07, 6.45) is 16.0. The highest BCUT2D eigenvalue weighted by atomic mass is 15.1. The lowest BCUT2D eigenvalue weighted by Gasteiger charge is -2.44. The molecule has 1 N–H and O–H groups in total. The van der Waals surface area contributed by atoms with Gasteiger partial charge < -0.3 is 10.2 Å². The minimum Gasteiger partial charge on any atom is -0.315 e. The summed E-state index contributed by atoms with van der Waals surface area (Å²) in [7, 11) is 0. The summed E-state index contributed by atoms with van der Waals surface area (Å²) in [5, 5.41) is 3.62. The van der Waals surface area contributed by atoms with E-state index < -0.39 is 0 Å². The van der Waals surface area contributed by atoms with Crippen LogP contribution >= 0.6 is 0 Å². The first-order valence-electron chi connectivity index (χ1n) is 9.28. The van der Waals surface area contributed by atoms with Crippen LogP contribution in [-0.2, 0) is 0 Å². The fraction of sp³-hybridized carbons (Fsp3) is 1.00. The fourth-order valence-electron chi connectivity index (χ4n) is 4.09. The lowest BCUT2D eigenvalue weighted by molar-refractivity contribution is 0.0684. The van der Waals surface area contributed by atoms with Crippen molar-refractivity contribution in [1.82, 2.24) is 10.2 Å². The van der Waals surface area contributed by atoms with Crippen molar-refractivity contribution in [2.24, 2.45) is 5.41 Å². The van der Waals surface area contributed by atoms with Crippen molar-refractivity contribution < 1.29 is 0 Å². The standard InChI is InChI=1S/C18H36N2/c1-2-3-4-8-13-19-14-17-20-15-11-18(12-16-20)9-6-5-7-10-18/h19H,2-17H2,1H3. The molecule has 1 aliphatic heterocycles. The Bertz CT molecular complexity index is 236. The molecule has 2 fully saturated rings. The zero-order valence-corrected chi connectivity index (χ0v) is 13.8. The van der Waals surface area contributed by atoms with Crippen molar-refractivity contribution in [3.8, 4) is 0 Å². The molecule has 0 aromatic rings. The minimum absolute atomic E-state index is 0.766. The van der Waals surface area contributed by atoms with Gasteiger partial charge in [0, 0.05) is 13.1 Å². The normalized spacial score (nSPS) is 23.2. The van der Waals surface area contributed by atoms with E-state index in [1.54, 1.807) is 0 Å². The molecule has 0 aromatic carbocycles. The Morgan fingerprint density at radius 2 is 1.60 bits per heavy atom. The van der Waals surface area contributed by atoms with E-state index in [0.717, 1.165) is 5.41 Å². The Balaban J connectivity index is 1.49. The van der Waals surface area contributed by atoms with Crippen molar-refractivity contribution >= 4 is 0 Å². The van der Waals surface area contributed by atoms with Crippen LogP contribution in [0.4, 0.5) is 0 Å². The third kappa shape index (κ3) is 5.37. The number of rotatable bonds is 8. The molecule has 0 atom stereocenters. The minimum atomic E-state index is 0.766. The highest BCUT2D eigenvalue weighted by molar-refractivity contribution is 4.88. The molecule has 0 unspecified atom stereocenters. The first-order valence-corrected chi connectivity index (χ1v) is 9.28. The second-order valence-corrected chi connectivity index (χ2v) is 7.21. The van der Waals surface area contributed by atoms with Gasteiger partial charge in [-0.15, -0.1) is 0 Å². The van der Waals surface area contributed by atoms with E-state index in [2.05, 4.69) is 17.1 Å². The molecule has 20 heavy (non-hydrogen) atoms. The number of likely N-dealkylation sites (tertiary alicyclic amines) is 1. The van der Waals surface area contributed by atoms with Gasteiger partial charge in [-0.3, -0.25) is 0 Å². The summed E-state index contributed by atoms with van der Waals surface area (Å²) in [6, 6.07) is 0. The maximum Gasteiger partial charge on any atom is 0.0107 e. The van der Waals surface area contributed by atoms with Gasteiger partial charge in [0.25, 0.3) is 0 Å². The van der Waals surface area contributed by atoms with Crippen LogP contribution in [0.15, 0.2) is 0 Å². The van der Waals surface area contributed by atoms with Gasteiger partial charge in [-0.05, 0) is 57.2 Å². The number of unbranched alkanes of at least 4 members (excludes halogenated alkanes) is 3. The van der Waals surface area contributed by atoms with Gasteiger partial charge >= 0.3 is 0 Å². The molecule has 1 saturated heterocycles. The van der Waals surface area contributed by atoms with E-state index in [1.807, 2.05) is 0 Å². The summed E-state index contributed by atoms with van der Waals surface area (Å²) in [4.78, 5) is 2.69. The number of hydrogen-bond donors (Lipinski definition) is 1. The summed E-state index contributed by atoms with van der Waals surface area (Å²) < 4.78 is 0. The van der Waals surface area contributed by atoms with E-state index >= 15 is 0 Å². The van der Waals surface area contributed by atoms with Crippen LogP contribution in [0, 0.1) is 5.41 Å². The number of hydrogen-bond acceptors (Lipinski definition) is 2. The van der Waals surface area contributed by atoms with Gasteiger partial charge in [-0.25, -0.2) is 0 Å². The molecule has 0 aromatic heterocycles. The Morgan fingerprint density at radius 3 is 2.30 bits per heavy atom. The van der Waals surface area contributed by atoms with Crippen molar-refractivity contribution in [3.05, 3.63) is 0 Å². The van der Waals surface area contributed by atoms with Gasteiger partial charge in [0.05, 0.1) is 0 Å². The third-order valence-electron chi connectivity index (χ3n) is 5.64. The molecular weight excluding hydrogens is 244 g/mol. The first-order chi connectivity index (χ1) is 9.85. The van der Waals surface area contributed by atoms with E-state index in [0.29, 0.717) is 0 Å². The van der Waals surface area contributed by atoms with E-state index in [9.17, 15) is 0 Å². The predicted molar refractivity (Wildman–Crippen MR) is 88.2 cm³/mol. The molecule has 2 aliphatic rings. The zero-order chi connectivity index (χ0) is 14.1. The number of nitrogens with zero attached hydrogens (tertiary/aromatic N) is 1. The van der Waals surface area contributed by atoms with Crippen LogP contribution in [0.1, 0.15) is 77.6 Å². The fourth-order valence-corrected chi connectivity index (χ4v) is 4.09.